The van der Waals surface area contributed by atoms with Gasteiger partial charge in [-0.3, -0.25) is 9.78 Å². The fraction of sp³-hybridized carbons (Fsp3) is 0.0870. The molecule has 2 aromatic heterocycles. The zero-order valence-electron chi connectivity index (χ0n) is 15.5. The molecule has 2 heterocycles. The van der Waals surface area contributed by atoms with Crippen LogP contribution in [0.3, 0.4) is 0 Å². The summed E-state index contributed by atoms with van der Waals surface area (Å²) < 4.78 is 1.51. The normalized spacial score (nSPS) is 11.9. The fourth-order valence-corrected chi connectivity index (χ4v) is 3.45. The standard InChI is InChI=1S/C23H16ClN3O2/c1-27-21-13-26-20(23(29)15-5-7-17(24)8-6-15)10-19(21)18(11-22(27)28)16-4-2-3-14(9-16)12-25/h2-11,13,23,29H,1H3. The van der Waals surface area contributed by atoms with E-state index in [1.807, 2.05) is 6.07 Å². The molecule has 0 saturated heterocycles. The van der Waals surface area contributed by atoms with Crippen LogP contribution in [0.5, 0.6) is 0 Å². The number of aliphatic hydroxyl groups excluding tert-OH is 1. The number of hydrogen-bond donors (Lipinski definition) is 1. The van der Waals surface area contributed by atoms with Crippen LogP contribution in [-0.2, 0) is 7.05 Å². The van der Waals surface area contributed by atoms with Crippen molar-refractivity contribution in [2.24, 2.45) is 7.05 Å². The first-order valence-electron chi connectivity index (χ1n) is 8.91. The number of nitriles is 1. The van der Waals surface area contributed by atoms with Crippen molar-refractivity contribution in [2.45, 2.75) is 6.10 Å². The molecule has 0 spiro atoms. The number of pyridine rings is 2. The second-order valence-corrected chi connectivity index (χ2v) is 7.16. The predicted molar refractivity (Wildman–Crippen MR) is 113 cm³/mol. The molecule has 0 aliphatic rings. The molecule has 1 N–H and O–H groups in total. The van der Waals surface area contributed by atoms with Gasteiger partial charge in [0.25, 0.3) is 5.56 Å². The van der Waals surface area contributed by atoms with E-state index in [-0.39, 0.29) is 5.56 Å². The van der Waals surface area contributed by atoms with E-state index in [0.29, 0.717) is 32.9 Å². The smallest absolute Gasteiger partial charge is 0.251 e. The first-order valence-corrected chi connectivity index (χ1v) is 9.29. The lowest BCUT2D eigenvalue weighted by Gasteiger charge is -2.15. The summed E-state index contributed by atoms with van der Waals surface area (Å²) in [6, 6.07) is 19.4. The minimum Gasteiger partial charge on any atom is -0.382 e. The summed E-state index contributed by atoms with van der Waals surface area (Å²) in [6.07, 6.45) is 0.648. The van der Waals surface area contributed by atoms with Crippen molar-refractivity contribution in [1.82, 2.24) is 9.55 Å². The van der Waals surface area contributed by atoms with Crippen LogP contribution in [0.1, 0.15) is 22.9 Å². The Kier molecular flexibility index (Phi) is 4.89. The summed E-state index contributed by atoms with van der Waals surface area (Å²) in [5.74, 6) is 0. The molecule has 6 heteroatoms. The average Bonchev–Trinajstić information content (AvgIpc) is 2.76. The van der Waals surface area contributed by atoms with Crippen molar-refractivity contribution in [1.29, 1.82) is 5.26 Å². The van der Waals surface area contributed by atoms with Gasteiger partial charge in [-0.05, 0) is 47.0 Å². The summed E-state index contributed by atoms with van der Waals surface area (Å²) in [5.41, 5.74) is 3.53. The third-order valence-corrected chi connectivity index (χ3v) is 5.17. The fourth-order valence-electron chi connectivity index (χ4n) is 3.32. The summed E-state index contributed by atoms with van der Waals surface area (Å²) in [5, 5.41) is 21.4. The summed E-state index contributed by atoms with van der Waals surface area (Å²) in [7, 11) is 1.68. The molecule has 142 valence electrons. The molecule has 0 aliphatic carbocycles. The lowest BCUT2D eigenvalue weighted by atomic mass is 9.98. The van der Waals surface area contributed by atoms with Gasteiger partial charge in [0.2, 0.25) is 0 Å². The number of fused-ring (bicyclic) bond motifs is 1. The highest BCUT2D eigenvalue weighted by Gasteiger charge is 2.16. The van der Waals surface area contributed by atoms with Crippen molar-refractivity contribution in [2.75, 3.05) is 0 Å². The van der Waals surface area contributed by atoms with Gasteiger partial charge in [0, 0.05) is 23.5 Å². The van der Waals surface area contributed by atoms with Crippen molar-refractivity contribution in [3.63, 3.8) is 0 Å². The molecule has 4 aromatic rings. The van der Waals surface area contributed by atoms with Gasteiger partial charge in [-0.25, -0.2) is 0 Å². The predicted octanol–water partition coefficient (Wildman–Crippen LogP) is 4.21. The van der Waals surface area contributed by atoms with Crippen LogP contribution in [0.25, 0.3) is 22.0 Å². The molecule has 0 bridgehead atoms. The molecular weight excluding hydrogens is 386 g/mol. The summed E-state index contributed by atoms with van der Waals surface area (Å²) in [4.78, 5) is 16.8. The largest absolute Gasteiger partial charge is 0.382 e. The van der Waals surface area contributed by atoms with Gasteiger partial charge < -0.3 is 9.67 Å². The van der Waals surface area contributed by atoms with Gasteiger partial charge in [-0.2, -0.15) is 5.26 Å². The van der Waals surface area contributed by atoms with Gasteiger partial charge in [-0.1, -0.05) is 35.9 Å². The van der Waals surface area contributed by atoms with Gasteiger partial charge >= 0.3 is 0 Å². The zero-order chi connectivity index (χ0) is 20.5. The molecule has 5 nitrogen and oxygen atoms in total. The van der Waals surface area contributed by atoms with Crippen molar-refractivity contribution >= 4 is 22.5 Å². The van der Waals surface area contributed by atoms with Gasteiger partial charge in [0.05, 0.1) is 29.0 Å². The van der Waals surface area contributed by atoms with Crippen molar-refractivity contribution in [3.8, 4) is 17.2 Å². The maximum atomic E-state index is 12.5. The van der Waals surface area contributed by atoms with E-state index in [2.05, 4.69) is 11.1 Å². The number of halogens is 1. The van der Waals surface area contributed by atoms with Gasteiger partial charge in [-0.15, -0.1) is 0 Å². The van der Waals surface area contributed by atoms with Crippen LogP contribution in [0.4, 0.5) is 0 Å². The van der Waals surface area contributed by atoms with Gasteiger partial charge in [0.15, 0.2) is 0 Å². The van der Waals surface area contributed by atoms with Crippen LogP contribution < -0.4 is 5.56 Å². The van der Waals surface area contributed by atoms with E-state index in [0.717, 1.165) is 10.9 Å². The molecule has 0 aliphatic heterocycles. The Hall–Kier alpha value is -3.46. The van der Waals surface area contributed by atoms with Crippen LogP contribution in [0.2, 0.25) is 5.02 Å². The topological polar surface area (TPSA) is 78.9 Å². The Labute approximate surface area is 172 Å². The maximum absolute atomic E-state index is 12.5. The molecular formula is C23H16ClN3O2. The second-order valence-electron chi connectivity index (χ2n) is 6.73. The zero-order valence-corrected chi connectivity index (χ0v) is 16.3. The minimum absolute atomic E-state index is 0.178. The third-order valence-electron chi connectivity index (χ3n) is 4.92. The van der Waals surface area contributed by atoms with Crippen molar-refractivity contribution < 1.29 is 5.11 Å². The third kappa shape index (κ3) is 3.52. The Morgan fingerprint density at radius 2 is 1.90 bits per heavy atom. The Bertz CT molecular complexity index is 1320. The first kappa shape index (κ1) is 18.9. The highest BCUT2D eigenvalue weighted by molar-refractivity contribution is 6.30. The van der Waals surface area contributed by atoms with E-state index in [1.54, 1.807) is 61.8 Å². The van der Waals surface area contributed by atoms with Crippen LogP contribution in [-0.4, -0.2) is 14.7 Å². The molecule has 0 fully saturated rings. The number of nitrogens with zero attached hydrogens (tertiary/aromatic N) is 3. The molecule has 1 unspecified atom stereocenters. The minimum atomic E-state index is -0.938. The first-order chi connectivity index (χ1) is 14.0. The van der Waals surface area contributed by atoms with E-state index < -0.39 is 6.10 Å². The number of aromatic nitrogens is 2. The molecule has 0 saturated carbocycles. The van der Waals surface area contributed by atoms with Crippen LogP contribution >= 0.6 is 11.6 Å². The van der Waals surface area contributed by atoms with E-state index in [1.165, 1.54) is 10.6 Å². The Morgan fingerprint density at radius 1 is 1.14 bits per heavy atom. The quantitative estimate of drug-likeness (QED) is 0.557. The number of rotatable bonds is 3. The lowest BCUT2D eigenvalue weighted by molar-refractivity contribution is 0.215. The molecule has 0 amide bonds. The van der Waals surface area contributed by atoms with E-state index in [4.69, 9.17) is 11.6 Å². The second kappa shape index (κ2) is 7.51. The number of hydrogen-bond acceptors (Lipinski definition) is 4. The Morgan fingerprint density at radius 3 is 2.62 bits per heavy atom. The van der Waals surface area contributed by atoms with Crippen LogP contribution in [0.15, 0.2) is 71.7 Å². The summed E-state index contributed by atoms with van der Waals surface area (Å²) in [6.45, 7) is 0. The SMILES string of the molecule is Cn1c(=O)cc(-c2cccc(C#N)c2)c2cc(C(O)c3ccc(Cl)cc3)ncc21. The number of benzene rings is 2. The Balaban J connectivity index is 1.93. The number of aliphatic hydroxyl groups is 1. The summed E-state index contributed by atoms with van der Waals surface area (Å²) >= 11 is 5.93. The molecule has 4 rings (SSSR count). The van der Waals surface area contributed by atoms with Crippen LogP contribution in [0, 0.1) is 11.3 Å². The molecule has 0 radical (unpaired) electrons. The lowest BCUT2D eigenvalue weighted by Crippen LogP contribution is -2.17. The van der Waals surface area contributed by atoms with E-state index >= 15 is 0 Å². The average molecular weight is 402 g/mol. The molecule has 29 heavy (non-hydrogen) atoms. The molecule has 2 aromatic carbocycles. The highest BCUT2D eigenvalue weighted by Crippen LogP contribution is 2.30. The van der Waals surface area contributed by atoms with E-state index in [9.17, 15) is 15.2 Å². The number of aryl methyl sites for hydroxylation is 1. The monoisotopic (exact) mass is 401 g/mol. The highest BCUT2D eigenvalue weighted by atomic mass is 35.5. The maximum Gasteiger partial charge on any atom is 0.251 e. The molecule has 1 atom stereocenters. The van der Waals surface area contributed by atoms with Crippen molar-refractivity contribution in [3.05, 3.63) is 99.1 Å². The van der Waals surface area contributed by atoms with Gasteiger partial charge in [0.1, 0.15) is 6.10 Å².